The second-order valence-electron chi connectivity index (χ2n) is 5.17. The van der Waals surface area contributed by atoms with Crippen LogP contribution in [0.5, 0.6) is 0 Å². The van der Waals surface area contributed by atoms with Crippen molar-refractivity contribution in [2.24, 2.45) is 0 Å². The molecule has 0 fully saturated rings. The highest BCUT2D eigenvalue weighted by Gasteiger charge is 2.51. The van der Waals surface area contributed by atoms with Gasteiger partial charge in [0.15, 0.2) is 4.93 Å². The van der Waals surface area contributed by atoms with E-state index in [0.717, 1.165) is 5.56 Å². The molecule has 0 bridgehead atoms. The zero-order valence-corrected chi connectivity index (χ0v) is 12.7. The highest BCUT2D eigenvalue weighted by Crippen LogP contribution is 2.46. The maximum Gasteiger partial charge on any atom is 0.212 e. The normalized spacial score (nSPS) is 20.3. The summed E-state index contributed by atoms with van der Waals surface area (Å²) in [7, 11) is -3.76. The van der Waals surface area contributed by atoms with E-state index in [-0.39, 0.29) is 11.5 Å². The standard InChI is InChI=1S/C17H15NO3S/c18-12-13-21-17(11-10-14-6-4-5-9-16(14)17)22(19,20)15-7-2-1-3-8-15/h1-9H,10-11,13H2. The number of nitriles is 1. The summed E-state index contributed by atoms with van der Waals surface area (Å²) in [4.78, 5) is -1.26. The van der Waals surface area contributed by atoms with Crippen LogP contribution in [0.4, 0.5) is 0 Å². The molecule has 112 valence electrons. The van der Waals surface area contributed by atoms with Crippen LogP contribution in [0.1, 0.15) is 17.5 Å². The molecular weight excluding hydrogens is 298 g/mol. The average Bonchev–Trinajstić information content (AvgIpc) is 2.94. The third-order valence-corrected chi connectivity index (χ3v) is 6.31. The summed E-state index contributed by atoms with van der Waals surface area (Å²) < 4.78 is 32.0. The monoisotopic (exact) mass is 313 g/mol. The van der Waals surface area contributed by atoms with E-state index in [1.165, 1.54) is 0 Å². The van der Waals surface area contributed by atoms with Crippen molar-refractivity contribution < 1.29 is 13.2 Å². The first-order chi connectivity index (χ1) is 10.6. The van der Waals surface area contributed by atoms with Crippen molar-refractivity contribution in [3.63, 3.8) is 0 Å². The molecule has 0 saturated heterocycles. The quantitative estimate of drug-likeness (QED) is 0.870. The van der Waals surface area contributed by atoms with E-state index in [2.05, 4.69) is 0 Å². The number of fused-ring (bicyclic) bond motifs is 1. The van der Waals surface area contributed by atoms with Crippen molar-refractivity contribution in [3.8, 4) is 6.07 Å². The van der Waals surface area contributed by atoms with E-state index in [1.807, 2.05) is 18.2 Å². The number of aryl methyl sites for hydroxylation is 1. The first kappa shape index (κ1) is 14.8. The van der Waals surface area contributed by atoms with Crippen LogP contribution in [-0.2, 0) is 25.9 Å². The van der Waals surface area contributed by atoms with Gasteiger partial charge in [-0.1, -0.05) is 42.5 Å². The maximum atomic E-state index is 13.2. The lowest BCUT2D eigenvalue weighted by Crippen LogP contribution is -2.37. The fourth-order valence-electron chi connectivity index (χ4n) is 2.99. The van der Waals surface area contributed by atoms with Crippen molar-refractivity contribution in [1.29, 1.82) is 5.26 Å². The molecule has 0 aliphatic heterocycles. The number of hydrogen-bond donors (Lipinski definition) is 0. The molecule has 1 aliphatic rings. The minimum atomic E-state index is -3.76. The molecule has 1 atom stereocenters. The SMILES string of the molecule is N#CCOC1(S(=O)(=O)c2ccccc2)CCc2ccccc21. The predicted molar refractivity (Wildman–Crippen MR) is 81.6 cm³/mol. The summed E-state index contributed by atoms with van der Waals surface area (Å²) in [5.41, 5.74) is 1.61. The van der Waals surface area contributed by atoms with E-state index in [1.54, 1.807) is 42.5 Å². The van der Waals surface area contributed by atoms with Gasteiger partial charge in [0.1, 0.15) is 6.61 Å². The Bertz CT molecular complexity index is 824. The van der Waals surface area contributed by atoms with Gasteiger partial charge < -0.3 is 4.74 Å². The van der Waals surface area contributed by atoms with Crippen LogP contribution in [0.2, 0.25) is 0 Å². The third kappa shape index (κ3) is 2.12. The van der Waals surface area contributed by atoms with Gasteiger partial charge in [-0.3, -0.25) is 0 Å². The predicted octanol–water partition coefficient (Wildman–Crippen LogP) is 2.80. The van der Waals surface area contributed by atoms with Crippen LogP contribution in [0.25, 0.3) is 0 Å². The second-order valence-corrected chi connectivity index (χ2v) is 7.31. The van der Waals surface area contributed by atoms with Crippen molar-refractivity contribution >= 4 is 9.84 Å². The lowest BCUT2D eigenvalue weighted by Gasteiger charge is -2.29. The molecule has 0 heterocycles. The van der Waals surface area contributed by atoms with E-state index >= 15 is 0 Å². The topological polar surface area (TPSA) is 67.2 Å². The van der Waals surface area contributed by atoms with Crippen LogP contribution in [-0.4, -0.2) is 15.0 Å². The van der Waals surface area contributed by atoms with Gasteiger partial charge in [0, 0.05) is 5.56 Å². The molecule has 0 radical (unpaired) electrons. The molecular formula is C17H15NO3S. The van der Waals surface area contributed by atoms with Gasteiger partial charge in [0.2, 0.25) is 9.84 Å². The first-order valence-corrected chi connectivity index (χ1v) is 8.49. The Balaban J connectivity index is 2.20. The Hall–Kier alpha value is -2.16. The second kappa shape index (κ2) is 5.56. The van der Waals surface area contributed by atoms with Crippen molar-refractivity contribution in [2.45, 2.75) is 22.7 Å². The summed E-state index contributed by atoms with van der Waals surface area (Å²) in [5.74, 6) is 0. The molecule has 2 aromatic carbocycles. The van der Waals surface area contributed by atoms with Gasteiger partial charge in [-0.15, -0.1) is 0 Å². The summed E-state index contributed by atoms with van der Waals surface area (Å²) >= 11 is 0. The van der Waals surface area contributed by atoms with E-state index < -0.39 is 14.8 Å². The van der Waals surface area contributed by atoms with Crippen LogP contribution in [0.15, 0.2) is 59.5 Å². The molecule has 0 amide bonds. The molecule has 1 unspecified atom stereocenters. The first-order valence-electron chi connectivity index (χ1n) is 7.01. The van der Waals surface area contributed by atoms with Gasteiger partial charge in [0.25, 0.3) is 0 Å². The zero-order valence-electron chi connectivity index (χ0n) is 11.9. The summed E-state index contributed by atoms with van der Waals surface area (Å²) in [6.45, 7) is -0.263. The fraction of sp³-hybridized carbons (Fsp3) is 0.235. The minimum Gasteiger partial charge on any atom is -0.339 e. The van der Waals surface area contributed by atoms with Crippen LogP contribution >= 0.6 is 0 Å². The zero-order chi connectivity index (χ0) is 15.6. The Morgan fingerprint density at radius 2 is 1.77 bits per heavy atom. The summed E-state index contributed by atoms with van der Waals surface area (Å²) in [6.07, 6.45) is 0.943. The number of sulfone groups is 1. The van der Waals surface area contributed by atoms with Gasteiger partial charge in [0.05, 0.1) is 11.0 Å². The van der Waals surface area contributed by atoms with Gasteiger partial charge in [-0.2, -0.15) is 5.26 Å². The summed E-state index contributed by atoms with van der Waals surface area (Å²) in [5, 5.41) is 8.86. The van der Waals surface area contributed by atoms with Gasteiger partial charge in [-0.05, 0) is 30.5 Å². The highest BCUT2D eigenvalue weighted by atomic mass is 32.2. The van der Waals surface area contributed by atoms with Crippen LogP contribution < -0.4 is 0 Å². The molecule has 0 spiro atoms. The Morgan fingerprint density at radius 3 is 2.50 bits per heavy atom. The van der Waals surface area contributed by atoms with Gasteiger partial charge in [-0.25, -0.2) is 8.42 Å². The fourth-order valence-corrected chi connectivity index (χ4v) is 4.96. The molecule has 0 saturated carbocycles. The molecule has 3 rings (SSSR count). The Kier molecular flexibility index (Phi) is 3.73. The molecule has 1 aliphatic carbocycles. The Labute approximate surface area is 129 Å². The molecule has 0 aromatic heterocycles. The van der Waals surface area contributed by atoms with Crippen LogP contribution in [0.3, 0.4) is 0 Å². The lowest BCUT2D eigenvalue weighted by molar-refractivity contribution is 0.0373. The summed E-state index contributed by atoms with van der Waals surface area (Å²) in [6, 6.07) is 17.5. The highest BCUT2D eigenvalue weighted by molar-refractivity contribution is 7.92. The smallest absolute Gasteiger partial charge is 0.212 e. The molecule has 4 nitrogen and oxygen atoms in total. The van der Waals surface area contributed by atoms with Crippen molar-refractivity contribution in [3.05, 3.63) is 65.7 Å². The molecule has 2 aromatic rings. The van der Waals surface area contributed by atoms with E-state index in [0.29, 0.717) is 18.4 Å². The van der Waals surface area contributed by atoms with E-state index in [9.17, 15) is 8.42 Å². The van der Waals surface area contributed by atoms with Gasteiger partial charge >= 0.3 is 0 Å². The third-order valence-electron chi connectivity index (χ3n) is 4.01. The number of rotatable bonds is 4. The number of nitrogens with zero attached hydrogens (tertiary/aromatic N) is 1. The maximum absolute atomic E-state index is 13.2. The number of hydrogen-bond acceptors (Lipinski definition) is 4. The lowest BCUT2D eigenvalue weighted by atomic mass is 10.1. The largest absolute Gasteiger partial charge is 0.339 e. The number of benzene rings is 2. The van der Waals surface area contributed by atoms with Crippen molar-refractivity contribution in [1.82, 2.24) is 0 Å². The average molecular weight is 313 g/mol. The van der Waals surface area contributed by atoms with Crippen molar-refractivity contribution in [2.75, 3.05) is 6.61 Å². The molecule has 0 N–H and O–H groups in total. The molecule has 22 heavy (non-hydrogen) atoms. The minimum absolute atomic E-state index is 0.213. The number of ether oxygens (including phenoxy) is 1. The molecule has 5 heteroatoms. The van der Waals surface area contributed by atoms with E-state index in [4.69, 9.17) is 10.00 Å². The van der Waals surface area contributed by atoms with Crippen LogP contribution in [0, 0.1) is 11.3 Å². The Morgan fingerprint density at radius 1 is 1.09 bits per heavy atom.